The van der Waals surface area contributed by atoms with Crippen LogP contribution in [-0.4, -0.2) is 9.78 Å². The van der Waals surface area contributed by atoms with E-state index in [4.69, 9.17) is 5.84 Å². The molecule has 4 heteroatoms. The first-order valence-corrected chi connectivity index (χ1v) is 5.65. The number of nitrogens with two attached hydrogens (primary N) is 1. The molecule has 0 saturated heterocycles. The predicted molar refractivity (Wildman–Crippen MR) is 62.0 cm³/mol. The van der Waals surface area contributed by atoms with E-state index in [0.29, 0.717) is 0 Å². The van der Waals surface area contributed by atoms with Crippen molar-refractivity contribution in [3.63, 3.8) is 0 Å². The molecule has 0 radical (unpaired) electrons. The van der Waals surface area contributed by atoms with Gasteiger partial charge in [0.15, 0.2) is 0 Å². The maximum atomic E-state index is 5.58. The fourth-order valence-corrected chi connectivity index (χ4v) is 1.88. The molecule has 3 N–H and O–H groups in total. The highest BCUT2D eigenvalue weighted by Crippen LogP contribution is 2.23. The third kappa shape index (κ3) is 3.32. The third-order valence-corrected chi connectivity index (χ3v) is 3.05. The normalized spacial score (nSPS) is 13.4. The monoisotopic (exact) mass is 210 g/mol. The van der Waals surface area contributed by atoms with Crippen LogP contribution in [0.5, 0.6) is 0 Å². The molecule has 0 fully saturated rings. The van der Waals surface area contributed by atoms with Gasteiger partial charge in [0.1, 0.15) is 0 Å². The zero-order valence-electron chi connectivity index (χ0n) is 9.90. The number of hydrogen-bond acceptors (Lipinski definition) is 3. The lowest BCUT2D eigenvalue weighted by molar-refractivity contribution is 0.375. The first kappa shape index (κ1) is 12.2. The molecule has 4 nitrogen and oxygen atoms in total. The van der Waals surface area contributed by atoms with Gasteiger partial charge in [0.25, 0.3) is 0 Å². The summed E-state index contributed by atoms with van der Waals surface area (Å²) >= 11 is 0. The summed E-state index contributed by atoms with van der Waals surface area (Å²) in [5.41, 5.74) is 4.05. The number of hydrogen-bond donors (Lipinski definition) is 2. The molecule has 0 amide bonds. The molecule has 0 aliphatic rings. The van der Waals surface area contributed by atoms with Gasteiger partial charge in [-0.05, 0) is 12.3 Å². The summed E-state index contributed by atoms with van der Waals surface area (Å²) < 4.78 is 1.81. The van der Waals surface area contributed by atoms with Gasteiger partial charge in [0, 0.05) is 24.8 Å². The molecule has 0 spiro atoms. The molecule has 0 aliphatic carbocycles. The molecule has 0 bridgehead atoms. The van der Waals surface area contributed by atoms with E-state index >= 15 is 0 Å². The summed E-state index contributed by atoms with van der Waals surface area (Å²) in [4.78, 5) is 0. The van der Waals surface area contributed by atoms with Crippen molar-refractivity contribution in [1.29, 1.82) is 0 Å². The van der Waals surface area contributed by atoms with Gasteiger partial charge in [-0.3, -0.25) is 16.0 Å². The van der Waals surface area contributed by atoms with Crippen molar-refractivity contribution in [1.82, 2.24) is 15.2 Å². The van der Waals surface area contributed by atoms with E-state index in [2.05, 4.69) is 24.4 Å². The van der Waals surface area contributed by atoms with E-state index < -0.39 is 0 Å². The van der Waals surface area contributed by atoms with E-state index in [1.807, 2.05) is 24.1 Å². The summed E-state index contributed by atoms with van der Waals surface area (Å²) in [7, 11) is 1.92. The Bertz CT molecular complexity index is 278. The molecule has 0 aliphatic heterocycles. The minimum absolute atomic E-state index is 0.226. The smallest absolute Gasteiger partial charge is 0.0538 e. The lowest BCUT2D eigenvalue weighted by atomic mass is 9.93. The molecule has 1 aromatic rings. The summed E-state index contributed by atoms with van der Waals surface area (Å²) in [6, 6.07) is 0.226. The van der Waals surface area contributed by atoms with E-state index in [0.717, 1.165) is 12.3 Å². The summed E-state index contributed by atoms with van der Waals surface area (Å²) in [5.74, 6) is 6.31. The fourth-order valence-electron chi connectivity index (χ4n) is 1.88. The molecule has 15 heavy (non-hydrogen) atoms. The molecule has 0 saturated carbocycles. The Labute approximate surface area is 91.8 Å². The second kappa shape index (κ2) is 5.88. The van der Waals surface area contributed by atoms with Crippen LogP contribution in [0.3, 0.4) is 0 Å². The van der Waals surface area contributed by atoms with Crippen LogP contribution in [-0.2, 0) is 7.05 Å². The predicted octanol–water partition coefficient (Wildman–Crippen LogP) is 1.75. The zero-order chi connectivity index (χ0) is 11.3. The maximum absolute atomic E-state index is 5.58. The highest BCUT2D eigenvalue weighted by molar-refractivity contribution is 5.09. The minimum Gasteiger partial charge on any atom is -0.275 e. The molecule has 1 rings (SSSR count). The van der Waals surface area contributed by atoms with Crippen LogP contribution in [0.25, 0.3) is 0 Å². The second-order valence-electron chi connectivity index (χ2n) is 4.08. The van der Waals surface area contributed by atoms with Crippen molar-refractivity contribution in [3.8, 4) is 0 Å². The summed E-state index contributed by atoms with van der Waals surface area (Å²) in [6.07, 6.45) is 7.39. The SMILES string of the molecule is CCC(CC)CC(NN)c1cnn(C)c1. The fraction of sp³-hybridized carbons (Fsp3) is 0.727. The van der Waals surface area contributed by atoms with Crippen LogP contribution in [0.15, 0.2) is 12.4 Å². The second-order valence-corrected chi connectivity index (χ2v) is 4.08. The van der Waals surface area contributed by atoms with E-state index in [1.165, 1.54) is 18.4 Å². The zero-order valence-corrected chi connectivity index (χ0v) is 9.90. The van der Waals surface area contributed by atoms with Gasteiger partial charge in [0.2, 0.25) is 0 Å². The Morgan fingerprint density at radius 2 is 2.13 bits per heavy atom. The van der Waals surface area contributed by atoms with Crippen LogP contribution < -0.4 is 11.3 Å². The van der Waals surface area contributed by atoms with Crippen LogP contribution in [0.4, 0.5) is 0 Å². The summed E-state index contributed by atoms with van der Waals surface area (Å²) in [6.45, 7) is 4.45. The van der Waals surface area contributed by atoms with Crippen LogP contribution >= 0.6 is 0 Å². The van der Waals surface area contributed by atoms with Crippen molar-refractivity contribution >= 4 is 0 Å². The van der Waals surface area contributed by atoms with Crippen molar-refractivity contribution in [2.75, 3.05) is 0 Å². The van der Waals surface area contributed by atoms with Crippen molar-refractivity contribution in [3.05, 3.63) is 18.0 Å². The number of aromatic nitrogens is 2. The Balaban J connectivity index is 2.63. The van der Waals surface area contributed by atoms with Gasteiger partial charge in [0.05, 0.1) is 6.20 Å². The van der Waals surface area contributed by atoms with Gasteiger partial charge in [-0.25, -0.2) is 0 Å². The number of rotatable bonds is 6. The van der Waals surface area contributed by atoms with E-state index in [9.17, 15) is 0 Å². The molecule has 1 atom stereocenters. The van der Waals surface area contributed by atoms with Gasteiger partial charge >= 0.3 is 0 Å². The molecular weight excluding hydrogens is 188 g/mol. The number of aryl methyl sites for hydroxylation is 1. The maximum Gasteiger partial charge on any atom is 0.0538 e. The Morgan fingerprint density at radius 1 is 1.47 bits per heavy atom. The largest absolute Gasteiger partial charge is 0.275 e. The highest BCUT2D eigenvalue weighted by Gasteiger charge is 2.15. The minimum atomic E-state index is 0.226. The number of hydrazine groups is 1. The lowest BCUT2D eigenvalue weighted by Gasteiger charge is -2.20. The Morgan fingerprint density at radius 3 is 2.53 bits per heavy atom. The topological polar surface area (TPSA) is 55.9 Å². The molecule has 86 valence electrons. The number of nitrogens with zero attached hydrogens (tertiary/aromatic N) is 2. The first-order chi connectivity index (χ1) is 7.21. The van der Waals surface area contributed by atoms with Crippen LogP contribution in [0, 0.1) is 5.92 Å². The van der Waals surface area contributed by atoms with Gasteiger partial charge < -0.3 is 0 Å². The lowest BCUT2D eigenvalue weighted by Crippen LogP contribution is -2.29. The quantitative estimate of drug-likeness (QED) is 0.555. The standard InChI is InChI=1S/C11H22N4/c1-4-9(5-2)6-11(14-12)10-7-13-15(3)8-10/h7-9,11,14H,4-6,12H2,1-3H3. The molecule has 1 aromatic heterocycles. The van der Waals surface area contributed by atoms with E-state index in [1.54, 1.807) is 0 Å². The molecule has 1 unspecified atom stereocenters. The van der Waals surface area contributed by atoms with E-state index in [-0.39, 0.29) is 6.04 Å². The Kier molecular flexibility index (Phi) is 4.78. The highest BCUT2D eigenvalue weighted by atomic mass is 15.3. The van der Waals surface area contributed by atoms with Crippen molar-refractivity contribution in [2.45, 2.75) is 39.2 Å². The third-order valence-electron chi connectivity index (χ3n) is 3.05. The average molecular weight is 210 g/mol. The van der Waals surface area contributed by atoms with Gasteiger partial charge in [-0.15, -0.1) is 0 Å². The van der Waals surface area contributed by atoms with Gasteiger partial charge in [-0.2, -0.15) is 5.10 Å². The van der Waals surface area contributed by atoms with Crippen LogP contribution in [0.2, 0.25) is 0 Å². The van der Waals surface area contributed by atoms with Crippen molar-refractivity contribution in [2.24, 2.45) is 18.8 Å². The van der Waals surface area contributed by atoms with Gasteiger partial charge in [-0.1, -0.05) is 26.7 Å². The molecular formula is C11H22N4. The molecule has 0 aromatic carbocycles. The Hall–Kier alpha value is -0.870. The summed E-state index contributed by atoms with van der Waals surface area (Å²) in [5, 5.41) is 4.17. The molecule has 1 heterocycles. The van der Waals surface area contributed by atoms with Crippen molar-refractivity contribution < 1.29 is 0 Å². The first-order valence-electron chi connectivity index (χ1n) is 5.65. The average Bonchev–Trinajstić information content (AvgIpc) is 2.67. The number of nitrogens with one attached hydrogen (secondary N) is 1. The van der Waals surface area contributed by atoms with Crippen LogP contribution in [0.1, 0.15) is 44.7 Å².